The summed E-state index contributed by atoms with van der Waals surface area (Å²) in [5.74, 6) is 0.758. The smallest absolute Gasteiger partial charge is 0.0161 e. The van der Waals surface area contributed by atoms with Crippen LogP contribution in [0.1, 0.15) is 12.8 Å². The fraction of sp³-hybridized carbons (Fsp3) is 0.800. The Morgan fingerprint density at radius 1 is 1.50 bits per heavy atom. The minimum Gasteiger partial charge on any atom is -0.316 e. The van der Waals surface area contributed by atoms with Crippen molar-refractivity contribution >= 4 is 0 Å². The monoisotopic (exact) mass is 168 g/mol. The highest BCUT2D eigenvalue weighted by atomic mass is 15.1. The van der Waals surface area contributed by atoms with E-state index in [-0.39, 0.29) is 0 Å². The van der Waals surface area contributed by atoms with Crippen LogP contribution in [0.5, 0.6) is 0 Å². The molecule has 0 aliphatic carbocycles. The predicted octanol–water partition coefficient (Wildman–Crippen LogP) is 1.10. The Balaban J connectivity index is 2.29. The zero-order valence-corrected chi connectivity index (χ0v) is 8.27. The molecule has 0 radical (unpaired) electrons. The Hall–Kier alpha value is -0.340. The standard InChI is InChI=1S/C10H20N2/c1-9(8-11-2)10-4-6-12(3)7-5-10/h10-11H,1,4-8H2,2-3H3. The maximum absolute atomic E-state index is 4.11. The molecule has 1 heterocycles. The van der Waals surface area contributed by atoms with Gasteiger partial charge in [0.1, 0.15) is 0 Å². The molecule has 1 fully saturated rings. The number of nitrogens with one attached hydrogen (secondary N) is 1. The van der Waals surface area contributed by atoms with Crippen molar-refractivity contribution in [2.24, 2.45) is 5.92 Å². The first-order valence-corrected chi connectivity index (χ1v) is 4.75. The van der Waals surface area contributed by atoms with Crippen molar-refractivity contribution in [3.8, 4) is 0 Å². The second-order valence-corrected chi connectivity index (χ2v) is 3.77. The molecule has 0 saturated carbocycles. The fourth-order valence-corrected chi connectivity index (χ4v) is 1.79. The zero-order valence-electron chi connectivity index (χ0n) is 8.27. The Morgan fingerprint density at radius 3 is 2.58 bits per heavy atom. The van der Waals surface area contributed by atoms with Gasteiger partial charge in [-0.05, 0) is 45.9 Å². The first-order chi connectivity index (χ1) is 5.74. The Bertz CT molecular complexity index is 146. The molecule has 0 bridgehead atoms. The van der Waals surface area contributed by atoms with Gasteiger partial charge in [0.2, 0.25) is 0 Å². The molecule has 1 N–H and O–H groups in total. The van der Waals surface area contributed by atoms with Crippen molar-refractivity contribution in [3.63, 3.8) is 0 Å². The second kappa shape index (κ2) is 4.63. The predicted molar refractivity (Wildman–Crippen MR) is 53.3 cm³/mol. The van der Waals surface area contributed by atoms with Gasteiger partial charge < -0.3 is 10.2 Å². The molecule has 70 valence electrons. The van der Waals surface area contributed by atoms with Gasteiger partial charge in [0.15, 0.2) is 0 Å². The highest BCUT2D eigenvalue weighted by Gasteiger charge is 2.18. The molecule has 12 heavy (non-hydrogen) atoms. The fourth-order valence-electron chi connectivity index (χ4n) is 1.79. The summed E-state index contributed by atoms with van der Waals surface area (Å²) in [4.78, 5) is 2.39. The van der Waals surface area contributed by atoms with Crippen LogP contribution in [0, 0.1) is 5.92 Å². The lowest BCUT2D eigenvalue weighted by molar-refractivity contribution is 0.237. The zero-order chi connectivity index (χ0) is 8.97. The van der Waals surface area contributed by atoms with Gasteiger partial charge in [-0.2, -0.15) is 0 Å². The third kappa shape index (κ3) is 2.61. The minimum atomic E-state index is 0.758. The van der Waals surface area contributed by atoms with E-state index in [1.165, 1.54) is 31.5 Å². The van der Waals surface area contributed by atoms with Crippen molar-refractivity contribution in [3.05, 3.63) is 12.2 Å². The van der Waals surface area contributed by atoms with Crippen LogP contribution in [-0.2, 0) is 0 Å². The van der Waals surface area contributed by atoms with Crippen molar-refractivity contribution in [1.29, 1.82) is 0 Å². The average molecular weight is 168 g/mol. The van der Waals surface area contributed by atoms with Gasteiger partial charge in [0.05, 0.1) is 0 Å². The molecule has 0 atom stereocenters. The van der Waals surface area contributed by atoms with Crippen LogP contribution < -0.4 is 5.32 Å². The molecule has 0 unspecified atom stereocenters. The van der Waals surface area contributed by atoms with Gasteiger partial charge in [-0.15, -0.1) is 0 Å². The summed E-state index contributed by atoms with van der Waals surface area (Å²) in [5, 5.41) is 3.16. The number of nitrogens with zero attached hydrogens (tertiary/aromatic N) is 1. The van der Waals surface area contributed by atoms with E-state index in [9.17, 15) is 0 Å². The highest BCUT2D eigenvalue weighted by molar-refractivity contribution is 5.04. The molecule has 1 aliphatic heterocycles. The van der Waals surface area contributed by atoms with Crippen LogP contribution in [-0.4, -0.2) is 38.6 Å². The van der Waals surface area contributed by atoms with Gasteiger partial charge in [0, 0.05) is 6.54 Å². The first kappa shape index (κ1) is 9.75. The summed E-state index contributed by atoms with van der Waals surface area (Å²) in [6, 6.07) is 0. The lowest BCUT2D eigenvalue weighted by Gasteiger charge is -2.30. The van der Waals surface area contributed by atoms with Crippen molar-refractivity contribution in [1.82, 2.24) is 10.2 Å². The molecule has 2 nitrogen and oxygen atoms in total. The minimum absolute atomic E-state index is 0.758. The molecular formula is C10H20N2. The summed E-state index contributed by atoms with van der Waals surface area (Å²) in [6.45, 7) is 7.55. The van der Waals surface area contributed by atoms with E-state index in [0.29, 0.717) is 0 Å². The largest absolute Gasteiger partial charge is 0.316 e. The normalized spacial score (nSPS) is 21.2. The molecule has 1 saturated heterocycles. The first-order valence-electron chi connectivity index (χ1n) is 4.75. The van der Waals surface area contributed by atoms with E-state index in [4.69, 9.17) is 0 Å². The highest BCUT2D eigenvalue weighted by Crippen LogP contribution is 2.21. The van der Waals surface area contributed by atoms with E-state index in [2.05, 4.69) is 23.8 Å². The lowest BCUT2D eigenvalue weighted by atomic mass is 9.90. The lowest BCUT2D eigenvalue weighted by Crippen LogP contribution is -2.32. The van der Waals surface area contributed by atoms with Crippen molar-refractivity contribution in [2.45, 2.75) is 12.8 Å². The van der Waals surface area contributed by atoms with Crippen LogP contribution in [0.15, 0.2) is 12.2 Å². The van der Waals surface area contributed by atoms with Gasteiger partial charge in [-0.1, -0.05) is 12.2 Å². The summed E-state index contributed by atoms with van der Waals surface area (Å²) in [6.07, 6.45) is 2.58. The number of piperidine rings is 1. The molecule has 0 amide bonds. The van der Waals surface area contributed by atoms with Crippen LogP contribution in [0.4, 0.5) is 0 Å². The Kier molecular flexibility index (Phi) is 3.76. The number of likely N-dealkylation sites (tertiary alicyclic amines) is 1. The third-order valence-corrected chi connectivity index (χ3v) is 2.70. The summed E-state index contributed by atoms with van der Waals surface area (Å²) >= 11 is 0. The molecule has 1 aliphatic rings. The summed E-state index contributed by atoms with van der Waals surface area (Å²) in [5.41, 5.74) is 1.38. The molecule has 0 aromatic heterocycles. The van der Waals surface area contributed by atoms with Crippen LogP contribution in [0.25, 0.3) is 0 Å². The average Bonchev–Trinajstić information content (AvgIpc) is 2.06. The van der Waals surface area contributed by atoms with E-state index >= 15 is 0 Å². The number of likely N-dealkylation sites (N-methyl/N-ethyl adjacent to an activating group) is 1. The maximum Gasteiger partial charge on any atom is 0.0161 e. The molecule has 0 spiro atoms. The Labute approximate surface area is 75.6 Å². The van der Waals surface area contributed by atoms with E-state index < -0.39 is 0 Å². The third-order valence-electron chi connectivity index (χ3n) is 2.70. The molecular weight excluding hydrogens is 148 g/mol. The topological polar surface area (TPSA) is 15.3 Å². The van der Waals surface area contributed by atoms with Crippen LogP contribution in [0.3, 0.4) is 0 Å². The summed E-state index contributed by atoms with van der Waals surface area (Å²) in [7, 11) is 4.18. The van der Waals surface area contributed by atoms with Gasteiger partial charge >= 0.3 is 0 Å². The summed E-state index contributed by atoms with van der Waals surface area (Å²) < 4.78 is 0. The van der Waals surface area contributed by atoms with E-state index in [0.717, 1.165) is 12.5 Å². The van der Waals surface area contributed by atoms with Crippen molar-refractivity contribution < 1.29 is 0 Å². The molecule has 2 heteroatoms. The maximum atomic E-state index is 4.11. The Morgan fingerprint density at radius 2 is 2.08 bits per heavy atom. The van der Waals surface area contributed by atoms with Crippen molar-refractivity contribution in [2.75, 3.05) is 33.7 Å². The van der Waals surface area contributed by atoms with E-state index in [1.807, 2.05) is 7.05 Å². The number of hydrogen-bond acceptors (Lipinski definition) is 2. The SMILES string of the molecule is C=C(CNC)C1CCN(C)CC1. The molecule has 0 aromatic carbocycles. The number of rotatable bonds is 3. The second-order valence-electron chi connectivity index (χ2n) is 3.77. The molecule has 0 aromatic rings. The van der Waals surface area contributed by atoms with Gasteiger partial charge in [-0.25, -0.2) is 0 Å². The van der Waals surface area contributed by atoms with E-state index in [1.54, 1.807) is 0 Å². The van der Waals surface area contributed by atoms with Gasteiger partial charge in [0.25, 0.3) is 0 Å². The van der Waals surface area contributed by atoms with Gasteiger partial charge in [-0.3, -0.25) is 0 Å². The molecule has 1 rings (SSSR count). The number of hydrogen-bond donors (Lipinski definition) is 1. The van der Waals surface area contributed by atoms with Crippen LogP contribution >= 0.6 is 0 Å². The quantitative estimate of drug-likeness (QED) is 0.635. The van der Waals surface area contributed by atoms with Crippen LogP contribution in [0.2, 0.25) is 0 Å².